The first-order valence-corrected chi connectivity index (χ1v) is 8.07. The highest BCUT2D eigenvalue weighted by Crippen LogP contribution is 2.42. The summed E-state index contributed by atoms with van der Waals surface area (Å²) in [6.45, 7) is 6.27. The van der Waals surface area contributed by atoms with Crippen LogP contribution in [0.25, 0.3) is 0 Å². The van der Waals surface area contributed by atoms with Crippen molar-refractivity contribution >= 4 is 5.91 Å². The van der Waals surface area contributed by atoms with Crippen molar-refractivity contribution in [3.63, 3.8) is 0 Å². The van der Waals surface area contributed by atoms with Crippen LogP contribution in [0.4, 0.5) is 0 Å². The van der Waals surface area contributed by atoms with Crippen LogP contribution in [0.1, 0.15) is 65.2 Å². The molecule has 2 fully saturated rings. The van der Waals surface area contributed by atoms with E-state index in [0.717, 1.165) is 32.4 Å². The number of rotatable bonds is 4. The van der Waals surface area contributed by atoms with Crippen LogP contribution in [-0.4, -0.2) is 29.9 Å². The molecule has 1 aliphatic heterocycles. The van der Waals surface area contributed by atoms with Gasteiger partial charge in [0.15, 0.2) is 0 Å². The number of amides is 1. The number of likely N-dealkylation sites (tertiary alicyclic amines) is 1. The van der Waals surface area contributed by atoms with Gasteiger partial charge in [-0.25, -0.2) is 0 Å². The van der Waals surface area contributed by atoms with Crippen molar-refractivity contribution in [3.8, 4) is 0 Å². The summed E-state index contributed by atoms with van der Waals surface area (Å²) in [5, 5.41) is 0. The predicted molar refractivity (Wildman–Crippen MR) is 78.8 cm³/mol. The monoisotopic (exact) mass is 266 g/mol. The highest BCUT2D eigenvalue weighted by atomic mass is 16.2. The van der Waals surface area contributed by atoms with Crippen LogP contribution in [-0.2, 0) is 4.79 Å². The lowest BCUT2D eigenvalue weighted by Gasteiger charge is -2.40. The Bertz CT molecular complexity index is 314. The highest BCUT2D eigenvalue weighted by Gasteiger charge is 2.41. The van der Waals surface area contributed by atoms with E-state index in [0.29, 0.717) is 11.9 Å². The molecule has 0 aromatic rings. The van der Waals surface area contributed by atoms with Gasteiger partial charge in [-0.15, -0.1) is 0 Å². The van der Waals surface area contributed by atoms with Crippen molar-refractivity contribution < 1.29 is 4.79 Å². The molecule has 1 saturated heterocycles. The van der Waals surface area contributed by atoms with E-state index in [1.807, 2.05) is 0 Å². The van der Waals surface area contributed by atoms with Crippen LogP contribution in [0.15, 0.2) is 0 Å². The molecule has 2 atom stereocenters. The Morgan fingerprint density at radius 2 is 2.05 bits per heavy atom. The van der Waals surface area contributed by atoms with Crippen molar-refractivity contribution in [2.75, 3.05) is 13.1 Å². The van der Waals surface area contributed by atoms with Crippen LogP contribution >= 0.6 is 0 Å². The molecule has 2 rings (SSSR count). The number of nitrogens with zero attached hydrogens (tertiary/aromatic N) is 1. The molecule has 1 heterocycles. The topological polar surface area (TPSA) is 46.3 Å². The molecule has 0 bridgehead atoms. The molecule has 3 nitrogen and oxygen atoms in total. The van der Waals surface area contributed by atoms with Crippen LogP contribution < -0.4 is 5.73 Å². The second-order valence-electron chi connectivity index (χ2n) is 7.05. The van der Waals surface area contributed by atoms with E-state index in [1.165, 1.54) is 32.1 Å². The minimum atomic E-state index is 0.191. The van der Waals surface area contributed by atoms with Gasteiger partial charge in [0.1, 0.15) is 0 Å². The minimum Gasteiger partial charge on any atom is -0.339 e. The summed E-state index contributed by atoms with van der Waals surface area (Å²) in [5.74, 6) is 0.684. The number of carbonyl (C=O) groups is 1. The predicted octanol–water partition coefficient (Wildman–Crippen LogP) is 2.93. The zero-order valence-electron chi connectivity index (χ0n) is 12.7. The SMILES string of the molecule is CC1(C)CCCCC1C(=O)N1CCCC1CCCN. The molecule has 1 amide bonds. The van der Waals surface area contributed by atoms with Gasteiger partial charge in [0.05, 0.1) is 0 Å². The summed E-state index contributed by atoms with van der Waals surface area (Å²) < 4.78 is 0. The fourth-order valence-electron chi connectivity index (χ4n) is 3.93. The maximum absolute atomic E-state index is 12.9. The molecule has 0 aromatic heterocycles. The third kappa shape index (κ3) is 3.31. The van der Waals surface area contributed by atoms with Gasteiger partial charge in [0.2, 0.25) is 5.91 Å². The Hall–Kier alpha value is -0.570. The number of carbonyl (C=O) groups excluding carboxylic acids is 1. The second kappa shape index (κ2) is 6.25. The Balaban J connectivity index is 2.01. The Kier molecular flexibility index (Phi) is 4.88. The van der Waals surface area contributed by atoms with E-state index in [4.69, 9.17) is 5.73 Å². The van der Waals surface area contributed by atoms with Gasteiger partial charge < -0.3 is 10.6 Å². The van der Waals surface area contributed by atoms with Crippen molar-refractivity contribution in [2.45, 2.75) is 71.3 Å². The summed E-state index contributed by atoms with van der Waals surface area (Å²) in [7, 11) is 0. The summed E-state index contributed by atoms with van der Waals surface area (Å²) in [6, 6.07) is 0.466. The largest absolute Gasteiger partial charge is 0.339 e. The van der Waals surface area contributed by atoms with E-state index in [2.05, 4.69) is 18.7 Å². The van der Waals surface area contributed by atoms with Crippen molar-refractivity contribution in [3.05, 3.63) is 0 Å². The van der Waals surface area contributed by atoms with Crippen molar-refractivity contribution in [2.24, 2.45) is 17.1 Å². The molecule has 0 radical (unpaired) electrons. The lowest BCUT2D eigenvalue weighted by Crippen LogP contribution is -2.45. The summed E-state index contributed by atoms with van der Waals surface area (Å²) in [5.41, 5.74) is 5.80. The quantitative estimate of drug-likeness (QED) is 0.850. The van der Waals surface area contributed by atoms with Crippen LogP contribution in [0.2, 0.25) is 0 Å². The lowest BCUT2D eigenvalue weighted by atomic mass is 9.68. The molecule has 2 N–H and O–H groups in total. The maximum atomic E-state index is 12.9. The lowest BCUT2D eigenvalue weighted by molar-refractivity contribution is -0.142. The third-order valence-electron chi connectivity index (χ3n) is 5.21. The normalized spacial score (nSPS) is 30.6. The first-order chi connectivity index (χ1) is 9.06. The Labute approximate surface area is 117 Å². The maximum Gasteiger partial charge on any atom is 0.226 e. The summed E-state index contributed by atoms with van der Waals surface area (Å²) >= 11 is 0. The number of hydrogen-bond donors (Lipinski definition) is 1. The molecular formula is C16H30N2O. The fourth-order valence-corrected chi connectivity index (χ4v) is 3.93. The van der Waals surface area contributed by atoms with Crippen LogP contribution in [0, 0.1) is 11.3 Å². The van der Waals surface area contributed by atoms with E-state index in [9.17, 15) is 4.79 Å². The van der Waals surface area contributed by atoms with Gasteiger partial charge in [-0.2, -0.15) is 0 Å². The first-order valence-electron chi connectivity index (χ1n) is 8.07. The zero-order valence-corrected chi connectivity index (χ0v) is 12.7. The molecule has 1 aliphatic carbocycles. The molecule has 110 valence electrons. The van der Waals surface area contributed by atoms with Crippen LogP contribution in [0.3, 0.4) is 0 Å². The molecule has 1 saturated carbocycles. The standard InChI is InChI=1S/C16H30N2O/c1-16(2)10-4-3-9-14(16)15(19)18-12-6-8-13(18)7-5-11-17/h13-14H,3-12,17H2,1-2H3. The van der Waals surface area contributed by atoms with Gasteiger partial charge in [-0.05, 0) is 50.5 Å². The van der Waals surface area contributed by atoms with Gasteiger partial charge in [-0.1, -0.05) is 26.7 Å². The van der Waals surface area contributed by atoms with Crippen molar-refractivity contribution in [1.29, 1.82) is 0 Å². The van der Waals surface area contributed by atoms with Gasteiger partial charge in [-0.3, -0.25) is 4.79 Å². The van der Waals surface area contributed by atoms with Crippen molar-refractivity contribution in [1.82, 2.24) is 4.90 Å². The Morgan fingerprint density at radius 3 is 2.74 bits per heavy atom. The molecule has 19 heavy (non-hydrogen) atoms. The average molecular weight is 266 g/mol. The Morgan fingerprint density at radius 1 is 1.26 bits per heavy atom. The first kappa shape index (κ1) is 14.8. The van der Waals surface area contributed by atoms with E-state index >= 15 is 0 Å². The molecule has 3 heteroatoms. The molecule has 0 spiro atoms. The highest BCUT2D eigenvalue weighted by molar-refractivity contribution is 5.80. The molecule has 2 aliphatic rings. The molecular weight excluding hydrogens is 236 g/mol. The minimum absolute atomic E-state index is 0.191. The third-order valence-corrected chi connectivity index (χ3v) is 5.21. The fraction of sp³-hybridized carbons (Fsp3) is 0.938. The molecule has 2 unspecified atom stereocenters. The van der Waals surface area contributed by atoms with Gasteiger partial charge >= 0.3 is 0 Å². The zero-order chi connectivity index (χ0) is 13.9. The van der Waals surface area contributed by atoms with Gasteiger partial charge in [0, 0.05) is 18.5 Å². The van der Waals surface area contributed by atoms with Gasteiger partial charge in [0.25, 0.3) is 0 Å². The average Bonchev–Trinajstić information content (AvgIpc) is 2.83. The van der Waals surface area contributed by atoms with E-state index in [-0.39, 0.29) is 11.3 Å². The summed E-state index contributed by atoms with van der Waals surface area (Å²) in [6.07, 6.45) is 9.29. The number of hydrogen-bond acceptors (Lipinski definition) is 2. The van der Waals surface area contributed by atoms with E-state index in [1.54, 1.807) is 0 Å². The summed E-state index contributed by atoms with van der Waals surface area (Å²) in [4.78, 5) is 15.1. The smallest absolute Gasteiger partial charge is 0.226 e. The van der Waals surface area contributed by atoms with Crippen LogP contribution in [0.5, 0.6) is 0 Å². The number of nitrogens with two attached hydrogens (primary N) is 1. The molecule has 0 aromatic carbocycles. The van der Waals surface area contributed by atoms with E-state index < -0.39 is 0 Å². The second-order valence-corrected chi connectivity index (χ2v) is 7.05.